The summed E-state index contributed by atoms with van der Waals surface area (Å²) < 4.78 is 10.1. The number of carbonyl (C=O) groups is 3. The normalized spacial score (nSPS) is 10.2. The summed E-state index contributed by atoms with van der Waals surface area (Å²) >= 11 is 0. The molecule has 30 heavy (non-hydrogen) atoms. The lowest BCUT2D eigenvalue weighted by atomic mass is 10.2. The van der Waals surface area contributed by atoms with Gasteiger partial charge in [0.05, 0.1) is 11.8 Å². The van der Waals surface area contributed by atoms with Crippen LogP contribution < -0.4 is 15.5 Å². The first-order valence-corrected chi connectivity index (χ1v) is 9.11. The molecule has 1 heterocycles. The summed E-state index contributed by atoms with van der Waals surface area (Å²) in [4.78, 5) is 38.0. The van der Waals surface area contributed by atoms with Crippen LogP contribution in [-0.2, 0) is 9.53 Å². The molecule has 0 bridgehead atoms. The summed E-state index contributed by atoms with van der Waals surface area (Å²) in [6.45, 7) is -0.411. The predicted molar refractivity (Wildman–Crippen MR) is 113 cm³/mol. The predicted octanol–water partition coefficient (Wildman–Crippen LogP) is 3.39. The van der Waals surface area contributed by atoms with Crippen LogP contribution in [-0.4, -0.2) is 38.5 Å². The van der Waals surface area contributed by atoms with Crippen molar-refractivity contribution in [2.24, 2.45) is 0 Å². The Morgan fingerprint density at radius 3 is 2.13 bits per heavy atom. The monoisotopic (exact) mass is 407 g/mol. The summed E-state index contributed by atoms with van der Waals surface area (Å²) in [7, 11) is 3.85. The molecular weight excluding hydrogens is 386 g/mol. The molecule has 0 aliphatic carbocycles. The van der Waals surface area contributed by atoms with E-state index in [1.165, 1.54) is 18.4 Å². The Morgan fingerprint density at radius 1 is 0.900 bits per heavy atom. The highest BCUT2D eigenvalue weighted by molar-refractivity contribution is 6.02. The van der Waals surface area contributed by atoms with E-state index in [-0.39, 0.29) is 11.3 Å². The average Bonchev–Trinajstić information content (AvgIpc) is 3.28. The minimum Gasteiger partial charge on any atom is -0.459 e. The van der Waals surface area contributed by atoms with Crippen molar-refractivity contribution in [3.8, 4) is 0 Å². The lowest BCUT2D eigenvalue weighted by molar-refractivity contribution is -0.119. The minimum atomic E-state index is -0.642. The van der Waals surface area contributed by atoms with Crippen molar-refractivity contribution in [3.63, 3.8) is 0 Å². The highest BCUT2D eigenvalue weighted by Crippen LogP contribution is 2.16. The fourth-order valence-electron chi connectivity index (χ4n) is 2.54. The van der Waals surface area contributed by atoms with Gasteiger partial charge in [-0.05, 0) is 60.7 Å². The third-order valence-corrected chi connectivity index (χ3v) is 4.13. The molecule has 2 N–H and O–H groups in total. The molecule has 2 amide bonds. The molecule has 154 valence electrons. The minimum absolute atomic E-state index is 0.181. The van der Waals surface area contributed by atoms with Gasteiger partial charge in [0.2, 0.25) is 0 Å². The summed E-state index contributed by atoms with van der Waals surface area (Å²) in [6, 6.07) is 16.5. The van der Waals surface area contributed by atoms with Gasteiger partial charge in [-0.25, -0.2) is 4.79 Å². The van der Waals surface area contributed by atoms with Gasteiger partial charge in [0.15, 0.2) is 12.4 Å². The van der Waals surface area contributed by atoms with Gasteiger partial charge in [0.25, 0.3) is 11.8 Å². The number of anilines is 3. The molecule has 0 radical (unpaired) electrons. The first-order chi connectivity index (χ1) is 14.4. The average molecular weight is 407 g/mol. The number of nitrogens with one attached hydrogen (secondary N) is 2. The molecule has 0 spiro atoms. The van der Waals surface area contributed by atoms with Gasteiger partial charge in [-0.2, -0.15) is 0 Å². The van der Waals surface area contributed by atoms with Gasteiger partial charge < -0.3 is 24.7 Å². The summed E-state index contributed by atoms with van der Waals surface area (Å²) in [5.74, 6) is -1.30. The molecule has 0 aliphatic heterocycles. The summed E-state index contributed by atoms with van der Waals surface area (Å²) in [5.41, 5.74) is 2.36. The number of hydrogen-bond donors (Lipinski definition) is 2. The van der Waals surface area contributed by atoms with Crippen LogP contribution in [0.25, 0.3) is 0 Å². The molecule has 8 heteroatoms. The zero-order valence-electron chi connectivity index (χ0n) is 16.5. The number of benzene rings is 2. The Kier molecular flexibility index (Phi) is 6.49. The number of furan rings is 1. The van der Waals surface area contributed by atoms with Crippen LogP contribution >= 0.6 is 0 Å². The van der Waals surface area contributed by atoms with Crippen molar-refractivity contribution in [2.75, 3.05) is 36.2 Å². The van der Waals surface area contributed by atoms with E-state index in [1.807, 2.05) is 31.1 Å². The highest BCUT2D eigenvalue weighted by atomic mass is 16.5. The number of esters is 1. The fourth-order valence-corrected chi connectivity index (χ4v) is 2.54. The van der Waals surface area contributed by atoms with Crippen molar-refractivity contribution < 1.29 is 23.5 Å². The second kappa shape index (κ2) is 9.42. The molecule has 2 aromatic carbocycles. The first-order valence-electron chi connectivity index (χ1n) is 9.11. The van der Waals surface area contributed by atoms with E-state index in [4.69, 9.17) is 9.15 Å². The zero-order chi connectivity index (χ0) is 21.5. The molecule has 0 atom stereocenters. The van der Waals surface area contributed by atoms with E-state index < -0.39 is 24.4 Å². The molecule has 0 aliphatic rings. The third kappa shape index (κ3) is 5.48. The molecule has 0 saturated heterocycles. The number of amides is 2. The van der Waals surface area contributed by atoms with Crippen molar-refractivity contribution in [2.45, 2.75) is 0 Å². The fraction of sp³-hybridized carbons (Fsp3) is 0.136. The van der Waals surface area contributed by atoms with E-state index >= 15 is 0 Å². The number of carbonyl (C=O) groups excluding carboxylic acids is 3. The second-order valence-electron chi connectivity index (χ2n) is 6.57. The van der Waals surface area contributed by atoms with Crippen molar-refractivity contribution in [3.05, 3.63) is 78.3 Å². The number of ether oxygens (including phenoxy) is 1. The van der Waals surface area contributed by atoms with E-state index in [1.54, 1.807) is 36.4 Å². The number of nitrogens with zero attached hydrogens (tertiary/aromatic N) is 1. The highest BCUT2D eigenvalue weighted by Gasteiger charge is 2.12. The maximum absolute atomic E-state index is 12.1. The van der Waals surface area contributed by atoms with Gasteiger partial charge in [-0.15, -0.1) is 0 Å². The van der Waals surface area contributed by atoms with E-state index in [9.17, 15) is 14.4 Å². The number of rotatable bonds is 7. The maximum atomic E-state index is 12.1. The van der Waals surface area contributed by atoms with Crippen molar-refractivity contribution >= 4 is 34.8 Å². The second-order valence-corrected chi connectivity index (χ2v) is 6.57. The lowest BCUT2D eigenvalue weighted by Crippen LogP contribution is -2.21. The molecular formula is C22H21N3O5. The third-order valence-electron chi connectivity index (χ3n) is 4.13. The topological polar surface area (TPSA) is 101 Å². The Morgan fingerprint density at radius 2 is 1.53 bits per heavy atom. The van der Waals surface area contributed by atoms with Crippen LogP contribution in [0.3, 0.4) is 0 Å². The van der Waals surface area contributed by atoms with Crippen molar-refractivity contribution in [1.29, 1.82) is 0 Å². The Labute approximate surface area is 173 Å². The molecule has 8 nitrogen and oxygen atoms in total. The zero-order valence-corrected chi connectivity index (χ0v) is 16.5. The maximum Gasteiger partial charge on any atom is 0.338 e. The molecule has 3 rings (SSSR count). The van der Waals surface area contributed by atoms with Crippen LogP contribution in [0.5, 0.6) is 0 Å². The smallest absolute Gasteiger partial charge is 0.338 e. The van der Waals surface area contributed by atoms with E-state index in [0.29, 0.717) is 11.4 Å². The Hall–Kier alpha value is -4.07. The van der Waals surface area contributed by atoms with Gasteiger partial charge in [0.1, 0.15) is 0 Å². The van der Waals surface area contributed by atoms with Gasteiger partial charge in [0, 0.05) is 31.2 Å². The van der Waals surface area contributed by atoms with Gasteiger partial charge >= 0.3 is 5.97 Å². The van der Waals surface area contributed by atoms with Crippen molar-refractivity contribution in [1.82, 2.24) is 0 Å². The number of hydrogen-bond acceptors (Lipinski definition) is 6. The molecule has 0 fully saturated rings. The standard InChI is InChI=1S/C22H21N3O5/c1-25(2)18-11-9-16(10-12-18)23-20(26)14-30-22(28)15-5-7-17(8-6-15)24-21(27)19-4-3-13-29-19/h3-13H,14H2,1-2H3,(H,23,26)(H,24,27). The quantitative estimate of drug-likeness (QED) is 0.582. The Balaban J connectivity index is 1.48. The Bertz CT molecular complexity index is 1010. The summed E-state index contributed by atoms with van der Waals surface area (Å²) in [5, 5.41) is 5.31. The molecule has 0 saturated carbocycles. The van der Waals surface area contributed by atoms with Gasteiger partial charge in [-0.1, -0.05) is 0 Å². The SMILES string of the molecule is CN(C)c1ccc(NC(=O)COC(=O)c2ccc(NC(=O)c3ccco3)cc2)cc1. The lowest BCUT2D eigenvalue weighted by Gasteiger charge is -2.13. The van der Waals surface area contributed by atoms with Crippen LogP contribution in [0.1, 0.15) is 20.9 Å². The summed E-state index contributed by atoms with van der Waals surface area (Å²) in [6.07, 6.45) is 1.41. The van der Waals surface area contributed by atoms with Crippen LogP contribution in [0.4, 0.5) is 17.1 Å². The molecule has 1 aromatic heterocycles. The largest absolute Gasteiger partial charge is 0.459 e. The van der Waals surface area contributed by atoms with Crippen LogP contribution in [0, 0.1) is 0 Å². The van der Waals surface area contributed by atoms with Gasteiger partial charge in [-0.3, -0.25) is 9.59 Å². The van der Waals surface area contributed by atoms with E-state index in [0.717, 1.165) is 5.69 Å². The molecule has 0 unspecified atom stereocenters. The first kappa shape index (κ1) is 20.7. The van der Waals surface area contributed by atoms with E-state index in [2.05, 4.69) is 10.6 Å². The molecule has 3 aromatic rings. The van der Waals surface area contributed by atoms with Crippen LogP contribution in [0.2, 0.25) is 0 Å². The van der Waals surface area contributed by atoms with Crippen LogP contribution in [0.15, 0.2) is 71.3 Å².